The Labute approximate surface area is 147 Å². The van der Waals surface area contributed by atoms with Crippen LogP contribution in [-0.2, 0) is 4.74 Å². The first-order valence-corrected chi connectivity index (χ1v) is 5.82. The van der Waals surface area contributed by atoms with Crippen LogP contribution in [0.5, 0.6) is 0 Å². The number of aliphatic hydroxyl groups excluding tert-OH is 2. The number of hydrogen-bond donors (Lipinski definition) is 4. The number of aliphatic hydroxyl groups is 3. The average molecular weight is 397 g/mol. The summed E-state index contributed by atoms with van der Waals surface area (Å²) in [6.07, 6.45) is -0.226. The molecule has 0 saturated carbocycles. The van der Waals surface area contributed by atoms with E-state index in [1.165, 1.54) is 13.7 Å². The molecule has 0 spiro atoms. The van der Waals surface area contributed by atoms with Crippen LogP contribution in [0.4, 0.5) is 0 Å². The monoisotopic (exact) mass is 397 g/mol. The first-order chi connectivity index (χ1) is 8.45. The standard InChI is InChI=1S/C12H21N2O4.Ce/c1-8(16)6-14-10-5-12(17,7-15)4-9(13-2)11(10)18-3;/h6,8,13,15-17H,4-5,7H2,1-3H3;/q-1;. The molecule has 7 heteroatoms. The molecular formula is C12H21CeN2O4-. The number of allylic oxidation sites excluding steroid dienone is 1. The van der Waals surface area contributed by atoms with Gasteiger partial charge >= 0.3 is 0 Å². The van der Waals surface area contributed by atoms with Gasteiger partial charge in [0.25, 0.3) is 0 Å². The number of methoxy groups -OCH3 is 1. The molecule has 108 valence electrons. The van der Waals surface area contributed by atoms with Crippen LogP contribution in [0.2, 0.25) is 0 Å². The smallest absolute Gasteiger partial charge is 0.0836 e. The third-order valence-corrected chi connectivity index (χ3v) is 2.78. The zero-order valence-electron chi connectivity index (χ0n) is 11.5. The van der Waals surface area contributed by atoms with E-state index in [-0.39, 0.29) is 61.2 Å². The fourth-order valence-electron chi connectivity index (χ4n) is 1.89. The van der Waals surface area contributed by atoms with Crippen LogP contribution >= 0.6 is 0 Å². The Hall–Kier alpha value is 0.137. The number of hydrogen-bond acceptors (Lipinski definition) is 6. The molecule has 0 saturated heterocycles. The molecule has 1 rings (SSSR count). The predicted molar refractivity (Wildman–Crippen MR) is 67.8 cm³/mol. The maximum atomic E-state index is 10.2. The average Bonchev–Trinajstić information content (AvgIpc) is 2.35. The summed E-state index contributed by atoms with van der Waals surface area (Å²) in [5.74, 6) is 0.549. The topological polar surface area (TPSA) is 94.3 Å². The first-order valence-electron chi connectivity index (χ1n) is 5.82. The second-order valence-corrected chi connectivity index (χ2v) is 4.46. The maximum absolute atomic E-state index is 10.2. The summed E-state index contributed by atoms with van der Waals surface area (Å²) in [6, 6.07) is 0. The Morgan fingerprint density at radius 1 is 1.53 bits per heavy atom. The Bertz CT molecular complexity index is 358. The van der Waals surface area contributed by atoms with Crippen molar-refractivity contribution >= 4 is 5.71 Å². The molecule has 6 nitrogen and oxygen atoms in total. The van der Waals surface area contributed by atoms with E-state index in [4.69, 9.17) is 4.74 Å². The fraction of sp³-hybridized carbons (Fsp3) is 0.667. The van der Waals surface area contributed by atoms with Crippen molar-refractivity contribution in [1.29, 1.82) is 0 Å². The third-order valence-electron chi connectivity index (χ3n) is 2.78. The largest absolute Gasteiger partial charge is 0.512 e. The van der Waals surface area contributed by atoms with Gasteiger partial charge in [-0.25, -0.2) is 0 Å². The molecule has 0 aliphatic heterocycles. The molecule has 0 aromatic carbocycles. The molecule has 1 aliphatic carbocycles. The summed E-state index contributed by atoms with van der Waals surface area (Å²) in [5.41, 5.74) is -0.0604. The second-order valence-electron chi connectivity index (χ2n) is 4.46. The molecule has 0 aromatic rings. The van der Waals surface area contributed by atoms with Crippen molar-refractivity contribution < 1.29 is 61.8 Å². The normalized spacial score (nSPS) is 26.7. The van der Waals surface area contributed by atoms with Gasteiger partial charge in [0.15, 0.2) is 0 Å². The minimum Gasteiger partial charge on any atom is -0.512 e. The summed E-state index contributed by atoms with van der Waals surface area (Å²) in [7, 11) is 3.24. The molecule has 4 N–H and O–H groups in total. The zero-order chi connectivity index (χ0) is 13.8. The second kappa shape index (κ2) is 8.43. The van der Waals surface area contributed by atoms with Crippen LogP contribution < -0.4 is 5.32 Å². The van der Waals surface area contributed by atoms with Crippen molar-refractivity contribution in [3.05, 3.63) is 18.0 Å². The van der Waals surface area contributed by atoms with Gasteiger partial charge in [-0.05, 0) is 13.3 Å². The van der Waals surface area contributed by atoms with Crippen LogP contribution in [0, 0.1) is 48.3 Å². The fourth-order valence-corrected chi connectivity index (χ4v) is 1.89. The SMILES string of the molecule is CNC1=C(OC)C(=N[CH-]C(C)O)CC(O)(CO)C1.[Ce]. The molecule has 0 amide bonds. The minimum absolute atomic E-state index is 0. The molecule has 2 unspecified atom stereocenters. The van der Waals surface area contributed by atoms with Crippen LogP contribution in [0.25, 0.3) is 0 Å². The number of nitrogens with zero attached hydrogens (tertiary/aromatic N) is 1. The number of rotatable bonds is 5. The molecule has 1 aliphatic rings. The van der Waals surface area contributed by atoms with E-state index in [0.717, 1.165) is 0 Å². The molecule has 19 heavy (non-hydrogen) atoms. The van der Waals surface area contributed by atoms with Gasteiger partial charge in [0, 0.05) is 67.0 Å². The summed E-state index contributed by atoms with van der Waals surface area (Å²) in [6.45, 7) is 2.59. The van der Waals surface area contributed by atoms with Crippen molar-refractivity contribution in [2.45, 2.75) is 31.5 Å². The Kier molecular flexibility index (Phi) is 8.49. The third kappa shape index (κ3) is 5.20. The van der Waals surface area contributed by atoms with Crippen LogP contribution in [0.1, 0.15) is 19.8 Å². The van der Waals surface area contributed by atoms with Crippen molar-refractivity contribution in [2.75, 3.05) is 20.8 Å². The van der Waals surface area contributed by atoms with Gasteiger partial charge in [-0.2, -0.15) is 0 Å². The van der Waals surface area contributed by atoms with E-state index in [9.17, 15) is 15.3 Å². The van der Waals surface area contributed by atoms with Gasteiger partial charge in [0.2, 0.25) is 0 Å². The molecule has 0 bridgehead atoms. The van der Waals surface area contributed by atoms with E-state index >= 15 is 0 Å². The Morgan fingerprint density at radius 3 is 2.58 bits per heavy atom. The quantitative estimate of drug-likeness (QED) is 0.472. The van der Waals surface area contributed by atoms with E-state index in [1.807, 2.05) is 0 Å². The molecule has 0 fully saturated rings. The number of aliphatic imine (C=N–C) groups is 1. The zero-order valence-corrected chi connectivity index (χ0v) is 14.6. The summed E-state index contributed by atoms with van der Waals surface area (Å²) >= 11 is 0. The van der Waals surface area contributed by atoms with Gasteiger partial charge in [-0.1, -0.05) is 5.71 Å². The van der Waals surface area contributed by atoms with Crippen molar-refractivity contribution in [3.63, 3.8) is 0 Å². The molecule has 0 aromatic heterocycles. The van der Waals surface area contributed by atoms with E-state index in [1.54, 1.807) is 14.0 Å². The van der Waals surface area contributed by atoms with Crippen LogP contribution in [0.3, 0.4) is 0 Å². The van der Waals surface area contributed by atoms with Gasteiger partial charge < -0.3 is 30.4 Å². The van der Waals surface area contributed by atoms with Gasteiger partial charge in [-0.3, -0.25) is 0 Å². The van der Waals surface area contributed by atoms with Crippen molar-refractivity contribution in [3.8, 4) is 0 Å². The van der Waals surface area contributed by atoms with E-state index in [0.29, 0.717) is 17.2 Å². The number of nitrogens with one attached hydrogen (secondary N) is 1. The molecule has 2 atom stereocenters. The predicted octanol–water partition coefficient (Wildman–Crippen LogP) is -0.435. The van der Waals surface area contributed by atoms with Gasteiger partial charge in [0.1, 0.15) is 0 Å². The number of ether oxygens (including phenoxy) is 1. The van der Waals surface area contributed by atoms with Gasteiger partial charge in [0.05, 0.1) is 25.1 Å². The molecule has 0 heterocycles. The van der Waals surface area contributed by atoms with Crippen molar-refractivity contribution in [1.82, 2.24) is 5.32 Å². The van der Waals surface area contributed by atoms with Crippen LogP contribution in [-0.4, -0.2) is 53.5 Å². The molecular weight excluding hydrogens is 376 g/mol. The Morgan fingerprint density at radius 2 is 2.16 bits per heavy atom. The summed E-state index contributed by atoms with van der Waals surface area (Å²) in [4.78, 5) is 4.12. The van der Waals surface area contributed by atoms with Crippen LogP contribution in [0.15, 0.2) is 16.4 Å². The molecule has 0 radical (unpaired) electrons. The van der Waals surface area contributed by atoms with E-state index in [2.05, 4.69) is 10.3 Å². The van der Waals surface area contributed by atoms with Crippen molar-refractivity contribution in [2.24, 2.45) is 4.99 Å². The Balaban J connectivity index is 0.00000324. The maximum Gasteiger partial charge on any atom is 0.0836 e. The first kappa shape index (κ1) is 19.1. The summed E-state index contributed by atoms with van der Waals surface area (Å²) < 4.78 is 5.27. The van der Waals surface area contributed by atoms with E-state index < -0.39 is 11.7 Å². The summed E-state index contributed by atoms with van der Waals surface area (Å²) in [5, 5.41) is 31.6. The van der Waals surface area contributed by atoms with Gasteiger partial charge in [-0.15, -0.1) is 6.54 Å². The minimum atomic E-state index is -1.24.